The molecule has 21 heavy (non-hydrogen) atoms. The lowest BCUT2D eigenvalue weighted by Crippen LogP contribution is -2.12. The third-order valence-electron chi connectivity index (χ3n) is 3.49. The molecule has 0 saturated carbocycles. The molecule has 1 aromatic carbocycles. The first-order valence-corrected chi connectivity index (χ1v) is 7.37. The summed E-state index contributed by atoms with van der Waals surface area (Å²) in [5.74, 6) is 0.681. The van der Waals surface area contributed by atoms with Crippen LogP contribution in [0, 0.1) is 0 Å². The summed E-state index contributed by atoms with van der Waals surface area (Å²) in [7, 11) is 0. The molecule has 0 aliphatic heterocycles. The Morgan fingerprint density at radius 2 is 1.95 bits per heavy atom. The smallest absolute Gasteiger partial charge is 0.259 e. The summed E-state index contributed by atoms with van der Waals surface area (Å²) in [5, 5.41) is 0.722. The Labute approximate surface area is 127 Å². The number of hydrogen-bond acceptors (Lipinski definition) is 2. The molecule has 0 aliphatic rings. The Kier molecular flexibility index (Phi) is 3.80. The van der Waals surface area contributed by atoms with Crippen molar-refractivity contribution < 1.29 is 0 Å². The fourth-order valence-corrected chi connectivity index (χ4v) is 2.60. The molecule has 2 aromatic heterocycles. The maximum Gasteiger partial charge on any atom is 0.259 e. The van der Waals surface area contributed by atoms with Crippen LogP contribution in [0.15, 0.2) is 47.5 Å². The molecule has 0 fully saturated rings. The fourth-order valence-electron chi connectivity index (χ4n) is 2.48. The van der Waals surface area contributed by atoms with Crippen molar-refractivity contribution in [3.8, 4) is 0 Å². The predicted octanol–water partition coefficient (Wildman–Crippen LogP) is 3.15. The van der Waals surface area contributed by atoms with Crippen molar-refractivity contribution in [2.75, 3.05) is 0 Å². The average molecular weight is 302 g/mol. The standard InChI is InChI=1S/C16H16ClN3O/c1-2-3-14-11-20-15(21)8-9-18-16(20)19(14)10-12-4-6-13(17)7-5-12/h4-9,11H,2-3,10H2,1H3. The molecule has 108 valence electrons. The van der Waals surface area contributed by atoms with E-state index in [2.05, 4.69) is 16.5 Å². The van der Waals surface area contributed by atoms with E-state index in [1.54, 1.807) is 10.6 Å². The number of aryl methyl sites for hydroxylation is 1. The summed E-state index contributed by atoms with van der Waals surface area (Å²) in [6, 6.07) is 9.23. The zero-order valence-electron chi connectivity index (χ0n) is 11.8. The van der Waals surface area contributed by atoms with Crippen LogP contribution < -0.4 is 5.56 Å². The van der Waals surface area contributed by atoms with E-state index in [1.165, 1.54) is 6.07 Å². The van der Waals surface area contributed by atoms with Crippen LogP contribution in [-0.2, 0) is 13.0 Å². The maximum absolute atomic E-state index is 11.9. The van der Waals surface area contributed by atoms with E-state index in [1.807, 2.05) is 30.5 Å². The van der Waals surface area contributed by atoms with E-state index >= 15 is 0 Å². The van der Waals surface area contributed by atoms with Crippen molar-refractivity contribution in [2.24, 2.45) is 0 Å². The van der Waals surface area contributed by atoms with Crippen LogP contribution in [0.1, 0.15) is 24.6 Å². The quantitative estimate of drug-likeness (QED) is 0.742. The number of fused-ring (bicyclic) bond motifs is 1. The lowest BCUT2D eigenvalue weighted by Gasteiger charge is -2.09. The molecule has 0 N–H and O–H groups in total. The number of benzene rings is 1. The van der Waals surface area contributed by atoms with Crippen LogP contribution in [-0.4, -0.2) is 14.0 Å². The molecule has 0 unspecified atom stereocenters. The van der Waals surface area contributed by atoms with Gasteiger partial charge in [0.25, 0.3) is 5.56 Å². The number of nitrogens with zero attached hydrogens (tertiary/aromatic N) is 3. The van der Waals surface area contributed by atoms with Gasteiger partial charge in [-0.15, -0.1) is 0 Å². The Hall–Kier alpha value is -2.07. The van der Waals surface area contributed by atoms with E-state index < -0.39 is 0 Å². The summed E-state index contributed by atoms with van der Waals surface area (Å²) >= 11 is 5.93. The number of aromatic nitrogens is 3. The second-order valence-corrected chi connectivity index (χ2v) is 5.47. The summed E-state index contributed by atoms with van der Waals surface area (Å²) in [5.41, 5.74) is 2.20. The first-order chi connectivity index (χ1) is 10.2. The molecule has 5 heteroatoms. The Balaban J connectivity index is 2.10. The van der Waals surface area contributed by atoms with Crippen molar-refractivity contribution in [3.05, 3.63) is 69.4 Å². The number of imidazole rings is 1. The highest BCUT2D eigenvalue weighted by Gasteiger charge is 2.10. The third-order valence-corrected chi connectivity index (χ3v) is 3.74. The van der Waals surface area contributed by atoms with Gasteiger partial charge in [0.2, 0.25) is 5.78 Å². The van der Waals surface area contributed by atoms with E-state index in [4.69, 9.17) is 11.6 Å². The highest BCUT2D eigenvalue weighted by Crippen LogP contribution is 2.15. The monoisotopic (exact) mass is 301 g/mol. The topological polar surface area (TPSA) is 39.3 Å². The van der Waals surface area contributed by atoms with Gasteiger partial charge in [0.1, 0.15) is 0 Å². The molecular formula is C16H16ClN3O. The zero-order valence-corrected chi connectivity index (χ0v) is 12.5. The maximum atomic E-state index is 11.9. The molecule has 0 saturated heterocycles. The second kappa shape index (κ2) is 5.74. The van der Waals surface area contributed by atoms with Gasteiger partial charge in [-0.1, -0.05) is 37.1 Å². The number of halogens is 1. The Morgan fingerprint density at radius 1 is 1.19 bits per heavy atom. The van der Waals surface area contributed by atoms with Gasteiger partial charge in [-0.3, -0.25) is 9.20 Å². The molecule has 2 heterocycles. The van der Waals surface area contributed by atoms with Gasteiger partial charge in [0, 0.05) is 29.2 Å². The lowest BCUT2D eigenvalue weighted by molar-refractivity contribution is 0.736. The normalized spacial score (nSPS) is 11.1. The predicted molar refractivity (Wildman–Crippen MR) is 84.0 cm³/mol. The van der Waals surface area contributed by atoms with Crippen molar-refractivity contribution in [1.29, 1.82) is 0 Å². The minimum atomic E-state index is -0.0489. The summed E-state index contributed by atoms with van der Waals surface area (Å²) in [6.07, 6.45) is 5.39. The molecule has 0 atom stereocenters. The average Bonchev–Trinajstić information content (AvgIpc) is 2.82. The van der Waals surface area contributed by atoms with E-state index in [9.17, 15) is 4.79 Å². The van der Waals surface area contributed by atoms with Crippen molar-refractivity contribution in [3.63, 3.8) is 0 Å². The molecule has 0 bridgehead atoms. The van der Waals surface area contributed by atoms with Crippen molar-refractivity contribution in [2.45, 2.75) is 26.3 Å². The zero-order chi connectivity index (χ0) is 14.8. The van der Waals surface area contributed by atoms with Crippen LogP contribution in [0.4, 0.5) is 0 Å². The van der Waals surface area contributed by atoms with Gasteiger partial charge >= 0.3 is 0 Å². The summed E-state index contributed by atoms with van der Waals surface area (Å²) in [4.78, 5) is 16.3. The molecule has 3 aromatic rings. The largest absolute Gasteiger partial charge is 0.309 e. The van der Waals surface area contributed by atoms with Crippen LogP contribution >= 0.6 is 11.6 Å². The first-order valence-electron chi connectivity index (χ1n) is 6.99. The highest BCUT2D eigenvalue weighted by atomic mass is 35.5. The lowest BCUT2D eigenvalue weighted by atomic mass is 10.2. The van der Waals surface area contributed by atoms with E-state index in [0.29, 0.717) is 12.3 Å². The van der Waals surface area contributed by atoms with Gasteiger partial charge < -0.3 is 4.57 Å². The van der Waals surface area contributed by atoms with Crippen molar-refractivity contribution in [1.82, 2.24) is 14.0 Å². The van der Waals surface area contributed by atoms with Crippen LogP contribution in [0.25, 0.3) is 5.78 Å². The van der Waals surface area contributed by atoms with Crippen LogP contribution in [0.2, 0.25) is 5.02 Å². The molecule has 0 amide bonds. The summed E-state index contributed by atoms with van der Waals surface area (Å²) in [6.45, 7) is 2.81. The van der Waals surface area contributed by atoms with Gasteiger partial charge in [-0.2, -0.15) is 0 Å². The Morgan fingerprint density at radius 3 is 2.67 bits per heavy atom. The molecule has 0 aliphatic carbocycles. The SMILES string of the molecule is CCCc1cn2c(=O)ccnc2n1Cc1ccc(Cl)cc1. The minimum Gasteiger partial charge on any atom is -0.309 e. The van der Waals surface area contributed by atoms with E-state index in [-0.39, 0.29) is 5.56 Å². The van der Waals surface area contributed by atoms with Gasteiger partial charge in [-0.05, 0) is 24.1 Å². The van der Waals surface area contributed by atoms with Gasteiger partial charge in [0.15, 0.2) is 0 Å². The number of hydrogen-bond donors (Lipinski definition) is 0. The first kappa shape index (κ1) is 13.9. The van der Waals surface area contributed by atoms with Crippen molar-refractivity contribution >= 4 is 17.4 Å². The highest BCUT2D eigenvalue weighted by molar-refractivity contribution is 6.30. The molecule has 0 radical (unpaired) electrons. The van der Waals surface area contributed by atoms with Gasteiger partial charge in [0.05, 0.1) is 6.54 Å². The molecular weight excluding hydrogens is 286 g/mol. The minimum absolute atomic E-state index is 0.0489. The van der Waals surface area contributed by atoms with Crippen LogP contribution in [0.5, 0.6) is 0 Å². The Bertz CT molecular complexity index is 818. The van der Waals surface area contributed by atoms with Crippen LogP contribution in [0.3, 0.4) is 0 Å². The fraction of sp³-hybridized carbons (Fsp3) is 0.250. The third kappa shape index (κ3) is 2.72. The van der Waals surface area contributed by atoms with Gasteiger partial charge in [-0.25, -0.2) is 4.98 Å². The number of rotatable bonds is 4. The summed E-state index contributed by atoms with van der Waals surface area (Å²) < 4.78 is 3.70. The van der Waals surface area contributed by atoms with E-state index in [0.717, 1.165) is 29.1 Å². The molecule has 3 rings (SSSR count). The molecule has 4 nitrogen and oxygen atoms in total. The molecule has 0 spiro atoms. The second-order valence-electron chi connectivity index (χ2n) is 5.04.